The molecule has 0 bridgehead atoms. The van der Waals surface area contributed by atoms with Crippen LogP contribution in [0.3, 0.4) is 0 Å². The molecule has 0 radical (unpaired) electrons. The first-order valence-corrected chi connectivity index (χ1v) is 9.27. The SMILES string of the molecule is COc1ccccc1CNC(=O)COC(=O)C1(c2ccccc2)CCCC1. The highest BCUT2D eigenvalue weighted by Gasteiger charge is 2.44. The summed E-state index contributed by atoms with van der Waals surface area (Å²) >= 11 is 0. The van der Waals surface area contributed by atoms with Gasteiger partial charge in [0, 0.05) is 12.1 Å². The van der Waals surface area contributed by atoms with E-state index in [4.69, 9.17) is 9.47 Å². The first-order chi connectivity index (χ1) is 13.2. The van der Waals surface area contributed by atoms with Gasteiger partial charge >= 0.3 is 5.97 Å². The standard InChI is InChI=1S/C22H25NO4/c1-26-19-12-6-5-9-17(19)15-23-20(24)16-27-21(25)22(13-7-8-14-22)18-10-3-2-4-11-18/h2-6,9-12H,7-8,13-16H2,1H3,(H,23,24). The molecule has 1 aliphatic carbocycles. The normalized spacial score (nSPS) is 15.1. The molecule has 0 aliphatic heterocycles. The molecule has 0 heterocycles. The second-order valence-electron chi connectivity index (χ2n) is 6.82. The van der Waals surface area contributed by atoms with Crippen molar-refractivity contribution >= 4 is 11.9 Å². The van der Waals surface area contributed by atoms with Gasteiger partial charge in [-0.1, -0.05) is 61.4 Å². The predicted octanol–water partition coefficient (Wildman–Crippen LogP) is 3.37. The summed E-state index contributed by atoms with van der Waals surface area (Å²) in [5.41, 5.74) is 1.22. The Morgan fingerprint density at radius 3 is 2.37 bits per heavy atom. The molecule has 2 aromatic rings. The van der Waals surface area contributed by atoms with E-state index in [1.54, 1.807) is 7.11 Å². The minimum absolute atomic E-state index is 0.275. The van der Waals surface area contributed by atoms with Gasteiger partial charge in [-0.25, -0.2) is 0 Å². The molecule has 1 aliphatic rings. The minimum Gasteiger partial charge on any atom is -0.496 e. The fourth-order valence-electron chi connectivity index (χ4n) is 3.71. The maximum absolute atomic E-state index is 12.8. The Morgan fingerprint density at radius 2 is 1.67 bits per heavy atom. The van der Waals surface area contributed by atoms with E-state index in [0.717, 1.165) is 36.8 Å². The first kappa shape index (κ1) is 19.0. The zero-order chi connectivity index (χ0) is 19.1. The lowest BCUT2D eigenvalue weighted by Gasteiger charge is -2.27. The van der Waals surface area contributed by atoms with E-state index in [-0.39, 0.29) is 18.5 Å². The Labute approximate surface area is 159 Å². The fraction of sp³-hybridized carbons (Fsp3) is 0.364. The molecule has 5 nitrogen and oxygen atoms in total. The van der Waals surface area contributed by atoms with Crippen molar-refractivity contribution in [1.82, 2.24) is 5.32 Å². The highest BCUT2D eigenvalue weighted by atomic mass is 16.5. The summed E-state index contributed by atoms with van der Waals surface area (Å²) in [7, 11) is 1.59. The molecule has 0 atom stereocenters. The number of para-hydroxylation sites is 1. The third-order valence-electron chi connectivity index (χ3n) is 5.18. The van der Waals surface area contributed by atoms with Crippen LogP contribution in [0.4, 0.5) is 0 Å². The molecule has 3 rings (SSSR count). The van der Waals surface area contributed by atoms with E-state index in [9.17, 15) is 9.59 Å². The van der Waals surface area contributed by atoms with Crippen LogP contribution in [-0.2, 0) is 26.3 Å². The van der Waals surface area contributed by atoms with E-state index < -0.39 is 5.41 Å². The van der Waals surface area contributed by atoms with Crippen molar-refractivity contribution in [3.05, 3.63) is 65.7 Å². The number of hydrogen-bond donors (Lipinski definition) is 1. The molecule has 0 aromatic heterocycles. The summed E-state index contributed by atoms with van der Waals surface area (Å²) in [5, 5.41) is 2.78. The van der Waals surface area contributed by atoms with Crippen molar-refractivity contribution in [2.24, 2.45) is 0 Å². The van der Waals surface area contributed by atoms with Gasteiger partial charge < -0.3 is 14.8 Å². The summed E-state index contributed by atoms with van der Waals surface area (Å²) < 4.78 is 10.7. The van der Waals surface area contributed by atoms with Gasteiger partial charge in [-0.15, -0.1) is 0 Å². The number of carbonyl (C=O) groups excluding carboxylic acids is 2. The number of amides is 1. The summed E-state index contributed by atoms with van der Waals surface area (Å²) in [6, 6.07) is 17.2. The van der Waals surface area contributed by atoms with Gasteiger partial charge in [0.05, 0.1) is 12.5 Å². The van der Waals surface area contributed by atoms with Crippen LogP contribution < -0.4 is 10.1 Å². The number of esters is 1. The molecular formula is C22H25NO4. The zero-order valence-corrected chi connectivity index (χ0v) is 15.6. The molecule has 5 heteroatoms. The number of methoxy groups -OCH3 is 1. The van der Waals surface area contributed by atoms with Crippen LogP contribution in [0.2, 0.25) is 0 Å². The maximum atomic E-state index is 12.8. The van der Waals surface area contributed by atoms with Crippen LogP contribution in [0.5, 0.6) is 5.75 Å². The second kappa shape index (κ2) is 8.71. The van der Waals surface area contributed by atoms with Gasteiger partial charge in [0.2, 0.25) is 0 Å². The van der Waals surface area contributed by atoms with Gasteiger partial charge in [-0.2, -0.15) is 0 Å². The summed E-state index contributed by atoms with van der Waals surface area (Å²) in [6.45, 7) is 0.0484. The van der Waals surface area contributed by atoms with Crippen molar-refractivity contribution in [2.75, 3.05) is 13.7 Å². The van der Waals surface area contributed by atoms with Crippen LogP contribution in [0.15, 0.2) is 54.6 Å². The average molecular weight is 367 g/mol. The van der Waals surface area contributed by atoms with Gasteiger partial charge in [-0.05, 0) is 24.5 Å². The fourth-order valence-corrected chi connectivity index (χ4v) is 3.71. The van der Waals surface area contributed by atoms with Gasteiger partial charge in [0.15, 0.2) is 6.61 Å². The zero-order valence-electron chi connectivity index (χ0n) is 15.6. The molecule has 27 heavy (non-hydrogen) atoms. The largest absolute Gasteiger partial charge is 0.496 e. The van der Waals surface area contributed by atoms with Crippen LogP contribution in [-0.4, -0.2) is 25.6 Å². The summed E-state index contributed by atoms with van der Waals surface area (Å²) in [6.07, 6.45) is 3.51. The molecule has 0 saturated heterocycles. The van der Waals surface area contributed by atoms with E-state index in [1.807, 2.05) is 54.6 Å². The third kappa shape index (κ3) is 4.30. The first-order valence-electron chi connectivity index (χ1n) is 9.27. The Hall–Kier alpha value is -2.82. The smallest absolute Gasteiger partial charge is 0.317 e. The molecule has 1 fully saturated rings. The highest BCUT2D eigenvalue weighted by Crippen LogP contribution is 2.42. The van der Waals surface area contributed by atoms with E-state index in [2.05, 4.69) is 5.32 Å². The lowest BCUT2D eigenvalue weighted by Crippen LogP contribution is -2.37. The van der Waals surface area contributed by atoms with E-state index >= 15 is 0 Å². The number of hydrogen-bond acceptors (Lipinski definition) is 4. The maximum Gasteiger partial charge on any atom is 0.317 e. The van der Waals surface area contributed by atoms with Crippen LogP contribution >= 0.6 is 0 Å². The predicted molar refractivity (Wildman–Crippen MR) is 102 cm³/mol. The lowest BCUT2D eigenvalue weighted by molar-refractivity contribution is -0.154. The molecule has 1 N–H and O–H groups in total. The summed E-state index contributed by atoms with van der Waals surface area (Å²) in [5.74, 6) is 0.0814. The van der Waals surface area contributed by atoms with Crippen molar-refractivity contribution < 1.29 is 19.1 Å². The van der Waals surface area contributed by atoms with Crippen molar-refractivity contribution in [3.63, 3.8) is 0 Å². The van der Waals surface area contributed by atoms with Crippen molar-refractivity contribution in [1.29, 1.82) is 0 Å². The van der Waals surface area contributed by atoms with Gasteiger partial charge in [0.25, 0.3) is 5.91 Å². The van der Waals surface area contributed by atoms with Crippen molar-refractivity contribution in [2.45, 2.75) is 37.6 Å². The molecule has 0 spiro atoms. The van der Waals surface area contributed by atoms with E-state index in [0.29, 0.717) is 12.3 Å². The monoisotopic (exact) mass is 367 g/mol. The molecule has 2 aromatic carbocycles. The number of nitrogens with one attached hydrogen (secondary N) is 1. The van der Waals surface area contributed by atoms with Crippen LogP contribution in [0, 0.1) is 0 Å². The topological polar surface area (TPSA) is 64.6 Å². The molecule has 0 unspecified atom stereocenters. The number of carbonyl (C=O) groups is 2. The van der Waals surface area contributed by atoms with Gasteiger partial charge in [0.1, 0.15) is 5.75 Å². The number of rotatable bonds is 7. The number of benzene rings is 2. The van der Waals surface area contributed by atoms with Crippen LogP contribution in [0.25, 0.3) is 0 Å². The van der Waals surface area contributed by atoms with Crippen LogP contribution in [0.1, 0.15) is 36.8 Å². The third-order valence-corrected chi connectivity index (χ3v) is 5.18. The molecule has 142 valence electrons. The Bertz CT molecular complexity index is 782. The minimum atomic E-state index is -0.621. The lowest BCUT2D eigenvalue weighted by atomic mass is 9.79. The Morgan fingerprint density at radius 1 is 1.00 bits per heavy atom. The molecule has 1 saturated carbocycles. The van der Waals surface area contributed by atoms with Crippen molar-refractivity contribution in [3.8, 4) is 5.75 Å². The quantitative estimate of drug-likeness (QED) is 0.762. The molecule has 1 amide bonds. The molecular weight excluding hydrogens is 342 g/mol. The second-order valence-corrected chi connectivity index (χ2v) is 6.82. The average Bonchev–Trinajstić information content (AvgIpc) is 3.22. The van der Waals surface area contributed by atoms with E-state index in [1.165, 1.54) is 0 Å². The highest BCUT2D eigenvalue weighted by molar-refractivity contribution is 5.86. The Kier molecular flexibility index (Phi) is 6.12. The Balaban J connectivity index is 1.57. The van der Waals surface area contributed by atoms with Gasteiger partial charge in [-0.3, -0.25) is 9.59 Å². The summed E-state index contributed by atoms with van der Waals surface area (Å²) in [4.78, 5) is 25.0. The number of ether oxygens (including phenoxy) is 2.